The molecule has 2 heterocycles. The van der Waals surface area contributed by atoms with Crippen LogP contribution in [-0.2, 0) is 0 Å². The van der Waals surface area contributed by atoms with Crippen LogP contribution < -0.4 is 26.2 Å². The van der Waals surface area contributed by atoms with Gasteiger partial charge >= 0.3 is 0 Å². The first-order valence-corrected chi connectivity index (χ1v) is 40.7. The van der Waals surface area contributed by atoms with Crippen LogP contribution in [0.1, 0.15) is 42.7 Å². The van der Waals surface area contributed by atoms with Gasteiger partial charge in [-0.15, -0.1) is 0 Å². The van der Waals surface area contributed by atoms with E-state index in [1.807, 2.05) is 31.2 Å². The van der Waals surface area contributed by atoms with Crippen LogP contribution in [0.5, 0.6) is 0 Å². The van der Waals surface area contributed by atoms with Crippen molar-refractivity contribution < 1.29 is 0 Å². The molecule has 0 bridgehead atoms. The maximum Gasteiger partial charge on any atom is 0.0542 e. The molecule has 4 N–H and O–H groups in total. The summed E-state index contributed by atoms with van der Waals surface area (Å²) < 4.78 is 6.96. The molecule has 7 nitrogen and oxygen atoms in total. The van der Waals surface area contributed by atoms with Crippen LogP contribution in [0.4, 0.5) is 62.6 Å². The Hall–Kier alpha value is -13.6. The normalized spacial score (nSPS) is 10.6. The maximum atomic E-state index is 5.43. The van der Waals surface area contributed by atoms with Crippen molar-refractivity contribution in [1.29, 1.82) is 0 Å². The molecule has 0 aliphatic heterocycles. The fraction of sp³-hybridized carbons (Fsp3) is 0.0642. The van der Waals surface area contributed by atoms with E-state index in [4.69, 9.17) is 5.73 Å². The Labute approximate surface area is 719 Å². The number of aromatic nitrogens is 2. The molecule has 0 atom stereocenters. The largest absolute Gasteiger partial charge is 0.399 e. The number of fused-ring (bicyclic) bond motifs is 6. The van der Waals surface area contributed by atoms with Gasteiger partial charge in [0, 0.05) is 113 Å². The Morgan fingerprint density at radius 1 is 0.235 bits per heavy atom. The van der Waals surface area contributed by atoms with Gasteiger partial charge in [-0.3, -0.25) is 0 Å². The van der Waals surface area contributed by atoms with Gasteiger partial charge in [0.25, 0.3) is 0 Å². The first-order chi connectivity index (χ1) is 56.7. The quantitative estimate of drug-likeness (QED) is 0.0705. The molecule has 3 radical (unpaired) electrons. The number of rotatable bonds is 15. The van der Waals surface area contributed by atoms with Crippen molar-refractivity contribution in [2.24, 2.45) is 0 Å². The molecule has 0 unspecified atom stereocenters. The number of aryl methyl sites for hydroxylation is 5. The van der Waals surface area contributed by atoms with Crippen molar-refractivity contribution in [3.05, 3.63) is 449 Å². The number of nitrogens with zero attached hydrogens (tertiary/aromatic N) is 4. The predicted octanol–water partition coefficient (Wildman–Crippen LogP) is 31.9. The number of benzene rings is 17. The highest BCUT2D eigenvalue weighted by molar-refractivity contribution is 9.10. The van der Waals surface area contributed by atoms with Gasteiger partial charge in [-0.25, -0.2) is 0 Å². The SMILES string of the molecule is Brc1ccc(-c2ccc(Br)cc2)cc1.C.C.Cc1ccc(N(c2ccc(-c3ccc(N(c4ccc(C)cc4)c4ccc5c(c4)c4ccccc4n5-c4ccccc4)cc3)cc2)c2ccc3c(c2)c2ccccc2n3-c2ccccc2)cc1.Cc1ccc(N)cc1.Cc1ccc(Nc2ccc(-c3ccc(Nc4ccc(C)cc4)cc3)cc2)cc1.[B]. The average Bonchev–Trinajstić information content (AvgIpc) is 1.60. The fourth-order valence-corrected chi connectivity index (χ4v) is 15.3. The second-order valence-corrected chi connectivity index (χ2v) is 31.1. The van der Waals surface area contributed by atoms with Crippen LogP contribution in [-0.4, -0.2) is 17.5 Å². The molecule has 2 aromatic heterocycles. The molecular formula is C109H95BBr2N7. The van der Waals surface area contributed by atoms with Crippen molar-refractivity contribution in [3.8, 4) is 44.8 Å². The Kier molecular flexibility index (Phi) is 26.9. The molecule has 10 heteroatoms. The fourth-order valence-electron chi connectivity index (χ4n) is 14.7. The summed E-state index contributed by atoms with van der Waals surface area (Å²) in [5.74, 6) is 0. The number of nitrogens with one attached hydrogen (secondary N) is 2. The van der Waals surface area contributed by atoms with Crippen LogP contribution in [0.25, 0.3) is 88.4 Å². The molecule has 583 valence electrons. The lowest BCUT2D eigenvalue weighted by Crippen LogP contribution is -2.10. The lowest BCUT2D eigenvalue weighted by Gasteiger charge is -2.26. The van der Waals surface area contributed by atoms with E-state index in [0.717, 1.165) is 94.0 Å². The number of nitrogens with two attached hydrogens (primary N) is 1. The van der Waals surface area contributed by atoms with Crippen molar-refractivity contribution in [1.82, 2.24) is 9.13 Å². The summed E-state index contributed by atoms with van der Waals surface area (Å²) in [6, 6.07) is 147. The van der Waals surface area contributed by atoms with Crippen molar-refractivity contribution in [2.75, 3.05) is 26.2 Å². The number of hydrogen-bond acceptors (Lipinski definition) is 5. The summed E-state index contributed by atoms with van der Waals surface area (Å²) in [5.41, 5.74) is 37.8. The summed E-state index contributed by atoms with van der Waals surface area (Å²) in [4.78, 5) is 4.74. The molecule has 0 fully saturated rings. The number of anilines is 11. The second-order valence-electron chi connectivity index (χ2n) is 29.3. The Balaban J connectivity index is 0.000000188. The Morgan fingerprint density at radius 3 is 0.765 bits per heavy atom. The highest BCUT2D eigenvalue weighted by Gasteiger charge is 2.21. The molecule has 0 saturated heterocycles. The third kappa shape index (κ3) is 19.6. The molecule has 19 rings (SSSR count). The zero-order valence-electron chi connectivity index (χ0n) is 66.0. The van der Waals surface area contributed by atoms with Gasteiger partial charge in [-0.1, -0.05) is 281 Å². The van der Waals surface area contributed by atoms with Gasteiger partial charge < -0.3 is 35.3 Å². The standard InChI is InChI=1S/C62H46N4.C26H24N2.C12H8Br2.C7H9N.2CH4.B/c1-43-21-29-49(30-22-43)63(53-37-39-61-57(41-53)55-17-9-11-19-59(55)65(61)47-13-5-3-6-14-47)51-33-25-45(26-34-51)46-27-35-52(36-28-46)64(50-31-23-44(2)24-32-50)54-38-40-62-58(42-54)56-18-10-12-20-60(56)66(62)48-15-7-4-8-16-48;1-19-3-11-23(12-4-19)27-25-15-7-21(8-16-25)22-9-17-26(18-10-22)28-24-13-5-20(2)6-14-24;13-11-5-1-9(2-6-11)10-3-7-12(14)8-4-10;1-6-2-4-7(8)5-3-6;;;/h3-42H,1-2H3;3-18,27-28H,1-2H3;1-8H;2-5H,8H2,1H3;2*1H4;. The molecule has 17 aromatic carbocycles. The van der Waals surface area contributed by atoms with Gasteiger partial charge in [-0.05, 0) is 274 Å². The predicted molar refractivity (Wildman–Crippen MR) is 522 cm³/mol. The molecule has 0 aliphatic rings. The maximum absolute atomic E-state index is 5.43. The van der Waals surface area contributed by atoms with E-state index in [2.05, 4.69) is 477 Å². The summed E-state index contributed by atoms with van der Waals surface area (Å²) >= 11 is 6.84. The summed E-state index contributed by atoms with van der Waals surface area (Å²) in [6.07, 6.45) is 0. The van der Waals surface area contributed by atoms with Crippen LogP contribution in [0.15, 0.2) is 421 Å². The smallest absolute Gasteiger partial charge is 0.0542 e. The van der Waals surface area contributed by atoms with E-state index >= 15 is 0 Å². The molecular weight excluding hydrogens is 1580 g/mol. The van der Waals surface area contributed by atoms with Crippen LogP contribution in [0, 0.1) is 34.6 Å². The topological polar surface area (TPSA) is 66.4 Å². The second kappa shape index (κ2) is 38.4. The molecule has 0 aliphatic carbocycles. The van der Waals surface area contributed by atoms with E-state index in [1.165, 1.54) is 93.7 Å². The average molecular weight is 1670 g/mol. The molecule has 119 heavy (non-hydrogen) atoms. The van der Waals surface area contributed by atoms with Gasteiger partial charge in [0.15, 0.2) is 0 Å². The number of halogens is 2. The van der Waals surface area contributed by atoms with Crippen molar-refractivity contribution in [2.45, 2.75) is 49.5 Å². The highest BCUT2D eigenvalue weighted by atomic mass is 79.9. The number of para-hydroxylation sites is 4. The number of hydrogen-bond donors (Lipinski definition) is 3. The van der Waals surface area contributed by atoms with Gasteiger partial charge in [0.05, 0.1) is 22.1 Å². The van der Waals surface area contributed by atoms with E-state index in [1.54, 1.807) is 0 Å². The van der Waals surface area contributed by atoms with Crippen molar-refractivity contribution >= 4 is 146 Å². The summed E-state index contributed by atoms with van der Waals surface area (Å²) in [6.45, 7) is 10.5. The van der Waals surface area contributed by atoms with E-state index in [9.17, 15) is 0 Å². The van der Waals surface area contributed by atoms with Gasteiger partial charge in [0.1, 0.15) is 0 Å². The molecule has 0 saturated carbocycles. The minimum Gasteiger partial charge on any atom is -0.399 e. The van der Waals surface area contributed by atoms with E-state index in [0.29, 0.717) is 0 Å². The zero-order valence-corrected chi connectivity index (χ0v) is 69.1. The third-order valence-electron chi connectivity index (χ3n) is 20.9. The first-order valence-electron chi connectivity index (χ1n) is 39.1. The highest BCUT2D eigenvalue weighted by Crippen LogP contribution is 2.44. The van der Waals surface area contributed by atoms with E-state index in [-0.39, 0.29) is 23.3 Å². The molecule has 0 amide bonds. The monoisotopic (exact) mass is 1670 g/mol. The van der Waals surface area contributed by atoms with Gasteiger partial charge in [-0.2, -0.15) is 0 Å². The minimum atomic E-state index is 0. The molecule has 0 spiro atoms. The van der Waals surface area contributed by atoms with E-state index < -0.39 is 0 Å². The lowest BCUT2D eigenvalue weighted by molar-refractivity contribution is 1.18. The van der Waals surface area contributed by atoms with Crippen LogP contribution >= 0.6 is 31.9 Å². The molecule has 19 aromatic rings. The summed E-state index contributed by atoms with van der Waals surface area (Å²) in [5, 5.41) is 11.8. The Bertz CT molecular complexity index is 6100. The zero-order chi connectivity index (χ0) is 79.4. The van der Waals surface area contributed by atoms with Crippen LogP contribution in [0.3, 0.4) is 0 Å². The number of nitrogen functional groups attached to an aromatic ring is 1. The van der Waals surface area contributed by atoms with Crippen molar-refractivity contribution in [3.63, 3.8) is 0 Å². The third-order valence-corrected chi connectivity index (χ3v) is 22.0. The van der Waals surface area contributed by atoms with Gasteiger partial charge in [0.2, 0.25) is 0 Å². The lowest BCUT2D eigenvalue weighted by atomic mass is 10.0. The summed E-state index contributed by atoms with van der Waals surface area (Å²) in [7, 11) is 0. The Morgan fingerprint density at radius 2 is 0.462 bits per heavy atom. The minimum absolute atomic E-state index is 0. The van der Waals surface area contributed by atoms with Crippen LogP contribution in [0.2, 0.25) is 0 Å². The first kappa shape index (κ1) is 83.3.